The first-order valence-corrected chi connectivity index (χ1v) is 11.2. The van der Waals surface area contributed by atoms with Crippen LogP contribution in [0.3, 0.4) is 0 Å². The Morgan fingerprint density at radius 3 is 2.31 bits per heavy atom. The lowest BCUT2D eigenvalue weighted by atomic mass is 10.1. The van der Waals surface area contributed by atoms with Crippen molar-refractivity contribution < 1.29 is 13.9 Å². The number of piperazine rings is 1. The van der Waals surface area contributed by atoms with Gasteiger partial charge in [0.25, 0.3) is 5.91 Å². The van der Waals surface area contributed by atoms with E-state index in [0.717, 1.165) is 69.2 Å². The van der Waals surface area contributed by atoms with Crippen molar-refractivity contribution in [2.24, 2.45) is 0 Å². The molecule has 0 unspecified atom stereocenters. The van der Waals surface area contributed by atoms with Gasteiger partial charge in [-0.3, -0.25) is 9.78 Å². The van der Waals surface area contributed by atoms with E-state index in [9.17, 15) is 9.18 Å². The Labute approximate surface area is 187 Å². The fraction of sp³-hybridized carbons (Fsp3) is 0.360. The molecular weight excluding hydrogens is 407 g/mol. The molecule has 7 heteroatoms. The van der Waals surface area contributed by atoms with Crippen LogP contribution in [0, 0.1) is 5.82 Å². The van der Waals surface area contributed by atoms with E-state index in [0.29, 0.717) is 16.5 Å². The Morgan fingerprint density at radius 1 is 0.938 bits per heavy atom. The van der Waals surface area contributed by atoms with Gasteiger partial charge in [0.2, 0.25) is 0 Å². The van der Waals surface area contributed by atoms with E-state index >= 15 is 0 Å². The van der Waals surface area contributed by atoms with Gasteiger partial charge in [0.1, 0.15) is 11.6 Å². The van der Waals surface area contributed by atoms with E-state index in [1.54, 1.807) is 19.4 Å². The number of carbonyl (C=O) groups is 1. The molecule has 0 radical (unpaired) electrons. The van der Waals surface area contributed by atoms with Crippen LogP contribution >= 0.6 is 0 Å². The lowest BCUT2D eigenvalue weighted by Gasteiger charge is -2.38. The Balaban J connectivity index is 1.46. The lowest BCUT2D eigenvalue weighted by molar-refractivity contribution is 0.0793. The first kappa shape index (κ1) is 20.5. The molecule has 2 aromatic carbocycles. The zero-order valence-corrected chi connectivity index (χ0v) is 18.3. The highest BCUT2D eigenvalue weighted by Crippen LogP contribution is 2.33. The van der Waals surface area contributed by atoms with Crippen LogP contribution in [-0.4, -0.2) is 62.2 Å². The van der Waals surface area contributed by atoms with Gasteiger partial charge >= 0.3 is 0 Å². The Kier molecular flexibility index (Phi) is 5.55. The SMILES string of the molecule is COc1ccc(N2CCN(c3c(C(=O)N4CCCC4)cnc4ccc(F)cc34)CC2)cc1. The monoisotopic (exact) mass is 434 g/mol. The molecule has 3 aromatic rings. The predicted octanol–water partition coefficient (Wildman–Crippen LogP) is 3.95. The van der Waals surface area contributed by atoms with E-state index in [2.05, 4.69) is 26.9 Å². The summed E-state index contributed by atoms with van der Waals surface area (Å²) in [6.45, 7) is 4.63. The molecule has 6 nitrogen and oxygen atoms in total. The van der Waals surface area contributed by atoms with Crippen LogP contribution in [0.25, 0.3) is 10.9 Å². The number of hydrogen-bond acceptors (Lipinski definition) is 5. The Hall–Kier alpha value is -3.35. The molecule has 3 heterocycles. The van der Waals surface area contributed by atoms with Gasteiger partial charge in [-0.05, 0) is 55.3 Å². The number of fused-ring (bicyclic) bond motifs is 1. The largest absolute Gasteiger partial charge is 0.497 e. The smallest absolute Gasteiger partial charge is 0.257 e. The summed E-state index contributed by atoms with van der Waals surface area (Å²) >= 11 is 0. The van der Waals surface area contributed by atoms with Gasteiger partial charge in [0.15, 0.2) is 0 Å². The first-order valence-electron chi connectivity index (χ1n) is 11.2. The molecule has 2 aliphatic rings. The summed E-state index contributed by atoms with van der Waals surface area (Å²) in [5, 5.41) is 0.702. The Bertz CT molecular complexity index is 1120. The van der Waals surface area contributed by atoms with Crippen molar-refractivity contribution in [1.29, 1.82) is 0 Å². The van der Waals surface area contributed by atoms with Gasteiger partial charge in [0, 0.05) is 56.5 Å². The zero-order valence-electron chi connectivity index (χ0n) is 18.3. The van der Waals surface area contributed by atoms with E-state index in [-0.39, 0.29) is 11.7 Å². The van der Waals surface area contributed by atoms with Crippen LogP contribution in [-0.2, 0) is 0 Å². The molecule has 2 aliphatic heterocycles. The minimum atomic E-state index is -0.316. The standard InChI is InChI=1S/C25H27FN4O2/c1-32-20-7-5-19(6-8-20)28-12-14-29(15-13-28)24-21-16-18(26)4-9-23(21)27-17-22(24)25(31)30-10-2-3-11-30/h4-9,16-17H,2-3,10-15H2,1H3. The maximum Gasteiger partial charge on any atom is 0.257 e. The van der Waals surface area contributed by atoms with Crippen molar-refractivity contribution in [2.75, 3.05) is 56.2 Å². The maximum atomic E-state index is 14.2. The summed E-state index contributed by atoms with van der Waals surface area (Å²) in [6, 6.07) is 12.7. The number of methoxy groups -OCH3 is 1. The van der Waals surface area contributed by atoms with Gasteiger partial charge in [-0.1, -0.05) is 0 Å². The third-order valence-electron chi connectivity index (χ3n) is 6.46. The summed E-state index contributed by atoms with van der Waals surface area (Å²) in [5.74, 6) is 0.514. The number of hydrogen-bond donors (Lipinski definition) is 0. The first-order chi connectivity index (χ1) is 15.6. The van der Waals surface area contributed by atoms with Crippen LogP contribution in [0.15, 0.2) is 48.7 Å². The van der Waals surface area contributed by atoms with Crippen molar-refractivity contribution in [3.05, 3.63) is 60.0 Å². The van der Waals surface area contributed by atoms with Crippen molar-refractivity contribution in [2.45, 2.75) is 12.8 Å². The quantitative estimate of drug-likeness (QED) is 0.623. The minimum Gasteiger partial charge on any atom is -0.497 e. The van der Waals surface area contributed by atoms with Crippen LogP contribution < -0.4 is 14.5 Å². The third kappa shape index (κ3) is 3.83. The number of benzene rings is 2. The molecule has 5 rings (SSSR count). The molecule has 0 atom stereocenters. The highest BCUT2D eigenvalue weighted by molar-refractivity contribution is 6.07. The normalized spacial score (nSPS) is 16.6. The summed E-state index contributed by atoms with van der Waals surface area (Å²) in [4.78, 5) is 24.2. The average Bonchev–Trinajstić information content (AvgIpc) is 3.38. The summed E-state index contributed by atoms with van der Waals surface area (Å²) in [6.07, 6.45) is 3.72. The van der Waals surface area contributed by atoms with Gasteiger partial charge in [-0.2, -0.15) is 0 Å². The number of amides is 1. The molecule has 0 aliphatic carbocycles. The van der Waals surface area contributed by atoms with E-state index in [4.69, 9.17) is 4.74 Å². The number of nitrogens with zero attached hydrogens (tertiary/aromatic N) is 4. The van der Waals surface area contributed by atoms with Crippen LogP contribution in [0.5, 0.6) is 5.75 Å². The lowest BCUT2D eigenvalue weighted by Crippen LogP contribution is -2.47. The van der Waals surface area contributed by atoms with Gasteiger partial charge < -0.3 is 19.4 Å². The maximum absolute atomic E-state index is 14.2. The average molecular weight is 435 g/mol. The number of pyridine rings is 1. The van der Waals surface area contributed by atoms with Gasteiger partial charge in [-0.15, -0.1) is 0 Å². The second kappa shape index (κ2) is 8.65. The summed E-state index contributed by atoms with van der Waals surface area (Å²) in [7, 11) is 1.66. The number of likely N-dealkylation sites (tertiary alicyclic amines) is 1. The van der Waals surface area contributed by atoms with Gasteiger partial charge in [0.05, 0.1) is 23.9 Å². The zero-order chi connectivity index (χ0) is 22.1. The molecule has 32 heavy (non-hydrogen) atoms. The molecule has 0 spiro atoms. The predicted molar refractivity (Wildman–Crippen MR) is 124 cm³/mol. The van der Waals surface area contributed by atoms with Crippen LogP contribution in [0.1, 0.15) is 23.2 Å². The highest BCUT2D eigenvalue weighted by Gasteiger charge is 2.28. The van der Waals surface area contributed by atoms with Crippen molar-refractivity contribution in [1.82, 2.24) is 9.88 Å². The van der Waals surface area contributed by atoms with Crippen molar-refractivity contribution in [3.63, 3.8) is 0 Å². The second-order valence-electron chi connectivity index (χ2n) is 8.35. The molecular formula is C25H27FN4O2. The number of halogens is 1. The molecule has 2 fully saturated rings. The van der Waals surface area contributed by atoms with E-state index in [1.807, 2.05) is 17.0 Å². The van der Waals surface area contributed by atoms with E-state index in [1.165, 1.54) is 12.1 Å². The van der Waals surface area contributed by atoms with E-state index < -0.39 is 0 Å². The fourth-order valence-electron chi connectivity index (χ4n) is 4.72. The summed E-state index contributed by atoms with van der Waals surface area (Å²) < 4.78 is 19.5. The fourth-order valence-corrected chi connectivity index (χ4v) is 4.72. The second-order valence-corrected chi connectivity index (χ2v) is 8.35. The molecule has 0 saturated carbocycles. The molecule has 2 saturated heterocycles. The van der Waals surface area contributed by atoms with Crippen LogP contribution in [0.2, 0.25) is 0 Å². The highest BCUT2D eigenvalue weighted by atomic mass is 19.1. The number of anilines is 2. The molecule has 0 bridgehead atoms. The Morgan fingerprint density at radius 2 is 1.62 bits per heavy atom. The van der Waals surface area contributed by atoms with Gasteiger partial charge in [-0.25, -0.2) is 4.39 Å². The number of carbonyl (C=O) groups excluding carboxylic acids is 1. The topological polar surface area (TPSA) is 48.9 Å². The number of ether oxygens (including phenoxy) is 1. The summed E-state index contributed by atoms with van der Waals surface area (Å²) in [5.41, 5.74) is 3.23. The third-order valence-corrected chi connectivity index (χ3v) is 6.46. The molecule has 1 aromatic heterocycles. The molecule has 1 amide bonds. The number of rotatable bonds is 4. The molecule has 166 valence electrons. The van der Waals surface area contributed by atoms with Crippen molar-refractivity contribution >= 4 is 28.2 Å². The van der Waals surface area contributed by atoms with Crippen LogP contribution in [0.4, 0.5) is 15.8 Å². The number of aromatic nitrogens is 1. The minimum absolute atomic E-state index is 0.00579. The molecule has 0 N–H and O–H groups in total. The van der Waals surface area contributed by atoms with Crippen molar-refractivity contribution in [3.8, 4) is 5.75 Å².